The number of hydrogen-bond acceptors (Lipinski definition) is 3. The van der Waals surface area contributed by atoms with Crippen LogP contribution in [0.25, 0.3) is 0 Å². The molecule has 0 spiro atoms. The van der Waals surface area contributed by atoms with Crippen molar-refractivity contribution in [3.8, 4) is 0 Å². The summed E-state index contributed by atoms with van der Waals surface area (Å²) < 4.78 is 0. The summed E-state index contributed by atoms with van der Waals surface area (Å²) in [4.78, 5) is 9.43. The third kappa shape index (κ3) is 2.23. The number of hydrogen-bond donors (Lipinski definition) is 2. The van der Waals surface area contributed by atoms with Crippen LogP contribution in [0.15, 0.2) is 0 Å². The smallest absolute Gasteiger partial charge is 0.317 e. The molecule has 0 saturated heterocycles. The highest BCUT2D eigenvalue weighted by atomic mass is 16.5. The Bertz CT molecular complexity index is 67.3. The Morgan fingerprint density at radius 2 is 2.14 bits per heavy atom. The second-order valence-electron chi connectivity index (χ2n) is 1.27. The maximum Gasteiger partial charge on any atom is 0.578 e. The molecule has 2 N–H and O–H groups in total. The fourth-order valence-corrected chi connectivity index (χ4v) is 0.0722. The van der Waals surface area contributed by atoms with E-state index in [1.165, 1.54) is 6.92 Å². The minimum absolute atomic E-state index is 0.0174. The van der Waals surface area contributed by atoms with E-state index in [0.717, 1.165) is 6.29 Å². The van der Waals surface area contributed by atoms with Gasteiger partial charge in [0, 0.05) is 4.79 Å². The summed E-state index contributed by atoms with van der Waals surface area (Å²) in [6, 6.07) is 0. The van der Waals surface area contributed by atoms with Gasteiger partial charge in [-0.3, -0.25) is 0 Å². The zero-order valence-corrected chi connectivity index (χ0v) is 4.01. The SMILES string of the molecule is CCC(O)(O)[C+]=O. The van der Waals surface area contributed by atoms with Crippen molar-refractivity contribution in [1.29, 1.82) is 0 Å². The van der Waals surface area contributed by atoms with Crippen LogP contribution in [-0.2, 0) is 4.79 Å². The lowest BCUT2D eigenvalue weighted by atomic mass is 10.2. The van der Waals surface area contributed by atoms with Crippen LogP contribution < -0.4 is 0 Å². The summed E-state index contributed by atoms with van der Waals surface area (Å²) in [6.45, 7) is 1.48. The first-order valence-corrected chi connectivity index (χ1v) is 1.96. The van der Waals surface area contributed by atoms with Crippen LogP contribution in [-0.4, -0.2) is 22.3 Å². The van der Waals surface area contributed by atoms with E-state index in [-0.39, 0.29) is 6.42 Å². The van der Waals surface area contributed by atoms with E-state index in [1.54, 1.807) is 0 Å². The Balaban J connectivity index is 3.58. The van der Waals surface area contributed by atoms with Gasteiger partial charge in [-0.05, 0) is 0 Å². The normalized spacial score (nSPS) is 10.7. The molecular formula is C4H7O3+. The van der Waals surface area contributed by atoms with E-state index in [2.05, 4.69) is 0 Å². The highest BCUT2D eigenvalue weighted by molar-refractivity contribution is 5.59. The molecule has 0 saturated carbocycles. The molecule has 0 aliphatic carbocycles. The maximum absolute atomic E-state index is 9.43. The molecule has 0 aromatic rings. The predicted octanol–water partition coefficient (Wildman–Crippen LogP) is -0.813. The van der Waals surface area contributed by atoms with E-state index in [4.69, 9.17) is 10.2 Å². The van der Waals surface area contributed by atoms with Crippen molar-refractivity contribution in [2.75, 3.05) is 0 Å². The lowest BCUT2D eigenvalue weighted by Gasteiger charge is -1.93. The van der Waals surface area contributed by atoms with Crippen LogP contribution in [0, 0.1) is 0 Å². The van der Waals surface area contributed by atoms with Crippen molar-refractivity contribution in [2.45, 2.75) is 19.1 Å². The lowest BCUT2D eigenvalue weighted by Crippen LogP contribution is -2.27. The summed E-state index contributed by atoms with van der Waals surface area (Å²) in [5.41, 5.74) is 0. The molecule has 0 rings (SSSR count). The first kappa shape index (κ1) is 6.50. The molecular weight excluding hydrogens is 96.0 g/mol. The highest BCUT2D eigenvalue weighted by Crippen LogP contribution is 1.97. The molecule has 3 heteroatoms. The molecule has 0 fully saturated rings. The van der Waals surface area contributed by atoms with Gasteiger partial charge in [-0.2, -0.15) is 0 Å². The molecule has 7 heavy (non-hydrogen) atoms. The van der Waals surface area contributed by atoms with Crippen molar-refractivity contribution >= 4 is 6.29 Å². The maximum atomic E-state index is 9.43. The van der Waals surface area contributed by atoms with Crippen LogP contribution in [0.2, 0.25) is 0 Å². The van der Waals surface area contributed by atoms with Crippen molar-refractivity contribution in [1.82, 2.24) is 0 Å². The zero-order valence-electron chi connectivity index (χ0n) is 4.01. The van der Waals surface area contributed by atoms with Gasteiger partial charge in [-0.25, -0.2) is 0 Å². The third-order valence-electron chi connectivity index (χ3n) is 0.656. The first-order chi connectivity index (χ1) is 3.12. The van der Waals surface area contributed by atoms with E-state index >= 15 is 0 Å². The number of rotatable bonds is 2. The molecule has 3 nitrogen and oxygen atoms in total. The number of aliphatic hydroxyl groups is 2. The Labute approximate surface area is 41.6 Å². The van der Waals surface area contributed by atoms with Crippen LogP contribution in [0.5, 0.6) is 0 Å². The number of carbonyl (C=O) groups excluding carboxylic acids is 1. The molecule has 0 heterocycles. The van der Waals surface area contributed by atoms with Gasteiger partial charge in [0.1, 0.15) is 0 Å². The lowest BCUT2D eigenvalue weighted by molar-refractivity contribution is -0.101. The summed E-state index contributed by atoms with van der Waals surface area (Å²) >= 11 is 0. The Morgan fingerprint density at radius 3 is 2.14 bits per heavy atom. The van der Waals surface area contributed by atoms with Gasteiger partial charge < -0.3 is 10.2 Å². The van der Waals surface area contributed by atoms with Crippen LogP contribution >= 0.6 is 0 Å². The van der Waals surface area contributed by atoms with Crippen LogP contribution in [0.1, 0.15) is 13.3 Å². The summed E-state index contributed by atoms with van der Waals surface area (Å²) in [5.74, 6) is -2.22. The minimum Gasteiger partial charge on any atom is -0.317 e. The zero-order chi connectivity index (χ0) is 5.91. The van der Waals surface area contributed by atoms with E-state index in [0.29, 0.717) is 0 Å². The molecule has 0 aliphatic rings. The molecule has 0 unspecified atom stereocenters. The predicted molar refractivity (Wildman–Crippen MR) is 23.2 cm³/mol. The Kier molecular flexibility index (Phi) is 1.84. The summed E-state index contributed by atoms with van der Waals surface area (Å²) in [6.07, 6.45) is 1.03. The molecule has 0 amide bonds. The molecule has 0 radical (unpaired) electrons. The van der Waals surface area contributed by atoms with Crippen molar-refractivity contribution in [3.63, 3.8) is 0 Å². The van der Waals surface area contributed by atoms with E-state index in [9.17, 15) is 4.79 Å². The topological polar surface area (TPSA) is 57.5 Å². The molecule has 0 bridgehead atoms. The van der Waals surface area contributed by atoms with Crippen LogP contribution in [0.4, 0.5) is 0 Å². The fraction of sp³-hybridized carbons (Fsp3) is 0.750. The largest absolute Gasteiger partial charge is 0.578 e. The van der Waals surface area contributed by atoms with E-state index < -0.39 is 5.79 Å². The molecule has 0 aromatic heterocycles. The molecule has 0 aromatic carbocycles. The molecule has 0 aliphatic heterocycles. The second-order valence-corrected chi connectivity index (χ2v) is 1.27. The average molecular weight is 103 g/mol. The molecule has 0 atom stereocenters. The van der Waals surface area contributed by atoms with Gasteiger partial charge in [0.2, 0.25) is 0 Å². The van der Waals surface area contributed by atoms with E-state index in [1.807, 2.05) is 0 Å². The van der Waals surface area contributed by atoms with Gasteiger partial charge in [-0.15, -0.1) is 0 Å². The highest BCUT2D eigenvalue weighted by Gasteiger charge is 2.36. The first-order valence-electron chi connectivity index (χ1n) is 1.96. The van der Waals surface area contributed by atoms with Gasteiger partial charge in [0.05, 0.1) is 6.42 Å². The van der Waals surface area contributed by atoms with Crippen molar-refractivity contribution in [3.05, 3.63) is 0 Å². The summed E-state index contributed by atoms with van der Waals surface area (Å²) in [7, 11) is 0. The molecule has 40 valence electrons. The van der Waals surface area contributed by atoms with Crippen LogP contribution in [0.3, 0.4) is 0 Å². The van der Waals surface area contributed by atoms with Crippen molar-refractivity contribution in [2.24, 2.45) is 0 Å². The monoisotopic (exact) mass is 103 g/mol. The quantitative estimate of drug-likeness (QED) is 0.355. The fourth-order valence-electron chi connectivity index (χ4n) is 0.0722. The Hall–Kier alpha value is -0.500. The third-order valence-corrected chi connectivity index (χ3v) is 0.656. The van der Waals surface area contributed by atoms with Gasteiger partial charge in [0.25, 0.3) is 0 Å². The minimum atomic E-state index is -2.22. The standard InChI is InChI=1S/C4H7O3/c1-2-4(6,7)3-5/h6-7H,2H2,1H3/q+1. The second kappa shape index (κ2) is 1.98. The van der Waals surface area contributed by atoms with Crippen molar-refractivity contribution < 1.29 is 15.0 Å². The van der Waals surface area contributed by atoms with Gasteiger partial charge >= 0.3 is 12.1 Å². The summed E-state index contributed by atoms with van der Waals surface area (Å²) in [5, 5.41) is 16.5. The Morgan fingerprint density at radius 1 is 1.71 bits per heavy atom. The van der Waals surface area contributed by atoms with Gasteiger partial charge in [-0.1, -0.05) is 6.92 Å². The average Bonchev–Trinajstić information content (AvgIpc) is 1.68. The van der Waals surface area contributed by atoms with Gasteiger partial charge in [0.15, 0.2) is 0 Å².